The lowest BCUT2D eigenvalue weighted by molar-refractivity contribution is -0.181. The van der Waals surface area contributed by atoms with E-state index in [9.17, 15) is 0 Å². The molecule has 1 unspecified atom stereocenters. The number of terminal acetylenes is 1. The molecule has 0 saturated carbocycles. The van der Waals surface area contributed by atoms with Gasteiger partial charge in [0.1, 0.15) is 6.79 Å². The van der Waals surface area contributed by atoms with Crippen molar-refractivity contribution >= 4 is 22.6 Å². The summed E-state index contributed by atoms with van der Waals surface area (Å²) in [5, 5.41) is 0. The summed E-state index contributed by atoms with van der Waals surface area (Å²) in [6, 6.07) is 0. The number of rotatable bonds is 4. The van der Waals surface area contributed by atoms with Crippen molar-refractivity contribution in [1.29, 1.82) is 0 Å². The zero-order chi connectivity index (χ0) is 10.4. The maximum absolute atomic E-state index is 5.52. The fourth-order valence-corrected chi connectivity index (χ4v) is 1.48. The second kappa shape index (κ2) is 5.91. The summed E-state index contributed by atoms with van der Waals surface area (Å²) in [6.07, 6.45) is 6.20. The van der Waals surface area contributed by atoms with Gasteiger partial charge >= 0.3 is 0 Å². The van der Waals surface area contributed by atoms with Crippen molar-refractivity contribution in [2.75, 3.05) is 26.6 Å². The highest BCUT2D eigenvalue weighted by atomic mass is 127. The summed E-state index contributed by atoms with van der Waals surface area (Å²) in [4.78, 5) is 0. The molecule has 4 heteroatoms. The minimum atomic E-state index is -0.169. The molecule has 1 heterocycles. The Labute approximate surface area is 98.6 Å². The quantitative estimate of drug-likeness (QED) is 0.450. The molecule has 3 nitrogen and oxygen atoms in total. The average molecular weight is 310 g/mol. The number of ether oxygens (including phenoxy) is 3. The van der Waals surface area contributed by atoms with Gasteiger partial charge in [-0.3, -0.25) is 0 Å². The molecular weight excluding hydrogens is 295 g/mol. The molecule has 1 saturated heterocycles. The van der Waals surface area contributed by atoms with Crippen LogP contribution in [0.2, 0.25) is 0 Å². The van der Waals surface area contributed by atoms with Gasteiger partial charge in [0, 0.05) is 5.41 Å². The van der Waals surface area contributed by atoms with Gasteiger partial charge in [-0.2, -0.15) is 0 Å². The van der Waals surface area contributed by atoms with Crippen molar-refractivity contribution in [1.82, 2.24) is 0 Å². The van der Waals surface area contributed by atoms with E-state index in [0.29, 0.717) is 26.6 Å². The molecule has 1 aliphatic rings. The Kier molecular flexibility index (Phi) is 5.17. The Hall–Kier alpha value is 0.170. The van der Waals surface area contributed by atoms with Crippen LogP contribution in [-0.4, -0.2) is 30.7 Å². The van der Waals surface area contributed by atoms with Crippen molar-refractivity contribution in [2.24, 2.45) is 5.41 Å². The van der Waals surface area contributed by atoms with Gasteiger partial charge in [0.25, 0.3) is 0 Å². The van der Waals surface area contributed by atoms with Crippen LogP contribution in [0.3, 0.4) is 0 Å². The lowest BCUT2D eigenvalue weighted by Gasteiger charge is -2.35. The number of halogens is 1. The van der Waals surface area contributed by atoms with E-state index < -0.39 is 0 Å². The molecule has 14 heavy (non-hydrogen) atoms. The van der Waals surface area contributed by atoms with Crippen LogP contribution in [0, 0.1) is 17.8 Å². The summed E-state index contributed by atoms with van der Waals surface area (Å²) in [7, 11) is 0. The number of hydrogen-bond acceptors (Lipinski definition) is 3. The van der Waals surface area contributed by atoms with Crippen molar-refractivity contribution in [3.63, 3.8) is 0 Å². The van der Waals surface area contributed by atoms with Crippen molar-refractivity contribution in [3.05, 3.63) is 0 Å². The lowest BCUT2D eigenvalue weighted by Crippen LogP contribution is -2.41. The van der Waals surface area contributed by atoms with E-state index in [1.807, 2.05) is 0 Å². The standard InChI is InChI=1S/C10H15IO3/c1-3-9(11)14-7-10(4-2)5-12-8-13-6-10/h1,9H,4-8H2,2H3. The van der Waals surface area contributed by atoms with E-state index in [2.05, 4.69) is 35.4 Å². The molecule has 1 rings (SSSR count). The normalized spacial score (nSPS) is 22.6. The van der Waals surface area contributed by atoms with Gasteiger partial charge < -0.3 is 14.2 Å². The SMILES string of the molecule is C#CC(I)OCC1(CC)COCOC1. The minimum absolute atomic E-state index is 0.0154. The molecule has 0 aliphatic carbocycles. The van der Waals surface area contributed by atoms with Crippen molar-refractivity contribution < 1.29 is 14.2 Å². The van der Waals surface area contributed by atoms with E-state index in [1.54, 1.807) is 0 Å². The van der Waals surface area contributed by atoms with Crippen LogP contribution in [0.5, 0.6) is 0 Å². The Morgan fingerprint density at radius 1 is 1.57 bits per heavy atom. The average Bonchev–Trinajstić information content (AvgIpc) is 2.27. The van der Waals surface area contributed by atoms with Gasteiger partial charge in [0.2, 0.25) is 0 Å². The van der Waals surface area contributed by atoms with E-state index in [0.717, 1.165) is 6.42 Å². The summed E-state index contributed by atoms with van der Waals surface area (Å²) in [6.45, 7) is 4.49. The van der Waals surface area contributed by atoms with Crippen LogP contribution < -0.4 is 0 Å². The van der Waals surface area contributed by atoms with E-state index >= 15 is 0 Å². The van der Waals surface area contributed by atoms with Gasteiger partial charge in [0.15, 0.2) is 4.11 Å². The first-order valence-corrected chi connectivity index (χ1v) is 5.84. The molecule has 1 fully saturated rings. The van der Waals surface area contributed by atoms with Crippen LogP contribution in [0.25, 0.3) is 0 Å². The predicted octanol–water partition coefficient (Wildman–Crippen LogP) is 1.80. The molecule has 0 amide bonds. The molecule has 0 N–H and O–H groups in total. The maximum atomic E-state index is 5.52. The highest BCUT2D eigenvalue weighted by Gasteiger charge is 2.32. The summed E-state index contributed by atoms with van der Waals surface area (Å²) in [5.41, 5.74) is -0.0154. The highest BCUT2D eigenvalue weighted by Crippen LogP contribution is 2.27. The van der Waals surface area contributed by atoms with Crippen LogP contribution >= 0.6 is 22.6 Å². The highest BCUT2D eigenvalue weighted by molar-refractivity contribution is 14.1. The Morgan fingerprint density at radius 3 is 2.71 bits per heavy atom. The first-order chi connectivity index (χ1) is 6.72. The zero-order valence-electron chi connectivity index (χ0n) is 8.29. The monoisotopic (exact) mass is 310 g/mol. The van der Waals surface area contributed by atoms with Crippen LogP contribution in [0.1, 0.15) is 13.3 Å². The smallest absolute Gasteiger partial charge is 0.169 e. The molecule has 1 atom stereocenters. The van der Waals surface area contributed by atoms with Gasteiger partial charge in [-0.25, -0.2) is 0 Å². The van der Waals surface area contributed by atoms with E-state index in [-0.39, 0.29) is 9.53 Å². The van der Waals surface area contributed by atoms with Crippen LogP contribution in [0.15, 0.2) is 0 Å². The molecule has 0 aromatic carbocycles. The van der Waals surface area contributed by atoms with Gasteiger partial charge in [0.05, 0.1) is 19.8 Å². The Morgan fingerprint density at radius 2 is 2.21 bits per heavy atom. The second-order valence-corrected chi connectivity index (χ2v) is 4.59. The van der Waals surface area contributed by atoms with Crippen molar-refractivity contribution in [3.8, 4) is 12.3 Å². The molecule has 1 aliphatic heterocycles. The fraction of sp³-hybridized carbons (Fsp3) is 0.800. The van der Waals surface area contributed by atoms with Crippen LogP contribution in [0.4, 0.5) is 0 Å². The third kappa shape index (κ3) is 3.39. The first kappa shape index (κ1) is 12.2. The van der Waals surface area contributed by atoms with Gasteiger partial charge in [-0.1, -0.05) is 12.8 Å². The van der Waals surface area contributed by atoms with Gasteiger partial charge in [-0.15, -0.1) is 6.42 Å². The maximum Gasteiger partial charge on any atom is 0.169 e. The van der Waals surface area contributed by atoms with E-state index in [1.165, 1.54) is 0 Å². The Bertz CT molecular complexity index is 206. The largest absolute Gasteiger partial charge is 0.355 e. The Balaban J connectivity index is 2.40. The number of hydrogen-bond donors (Lipinski definition) is 0. The topological polar surface area (TPSA) is 27.7 Å². The summed E-state index contributed by atoms with van der Waals surface area (Å²) in [5.74, 6) is 2.53. The predicted molar refractivity (Wildman–Crippen MR) is 62.1 cm³/mol. The summed E-state index contributed by atoms with van der Waals surface area (Å²) < 4.78 is 15.9. The second-order valence-electron chi connectivity index (χ2n) is 3.46. The first-order valence-electron chi connectivity index (χ1n) is 4.60. The molecule has 0 spiro atoms. The molecular formula is C10H15IO3. The fourth-order valence-electron chi connectivity index (χ4n) is 1.30. The molecule has 0 aromatic rings. The van der Waals surface area contributed by atoms with Crippen molar-refractivity contribution in [2.45, 2.75) is 17.5 Å². The van der Waals surface area contributed by atoms with Gasteiger partial charge in [-0.05, 0) is 29.0 Å². The molecule has 80 valence electrons. The minimum Gasteiger partial charge on any atom is -0.355 e. The number of alkyl halides is 1. The summed E-state index contributed by atoms with van der Waals surface area (Å²) >= 11 is 2.08. The molecule has 0 radical (unpaired) electrons. The van der Waals surface area contributed by atoms with Crippen LogP contribution in [-0.2, 0) is 14.2 Å². The lowest BCUT2D eigenvalue weighted by atomic mass is 9.87. The molecule has 0 aromatic heterocycles. The zero-order valence-corrected chi connectivity index (χ0v) is 10.5. The third-order valence-corrected chi connectivity index (χ3v) is 3.12. The molecule has 0 bridgehead atoms. The van der Waals surface area contributed by atoms with E-state index in [4.69, 9.17) is 20.6 Å². The third-order valence-electron chi connectivity index (χ3n) is 2.40.